The third-order valence-corrected chi connectivity index (χ3v) is 5.17. The van der Waals surface area contributed by atoms with Gasteiger partial charge in [-0.05, 0) is 23.3 Å². The Kier molecular flexibility index (Phi) is 7.57. The lowest BCUT2D eigenvalue weighted by Crippen LogP contribution is -2.44. The molecule has 7 heteroatoms. The van der Waals surface area contributed by atoms with E-state index in [0.29, 0.717) is 28.9 Å². The fourth-order valence-electron chi connectivity index (χ4n) is 3.48. The van der Waals surface area contributed by atoms with Crippen molar-refractivity contribution >= 4 is 0 Å². The van der Waals surface area contributed by atoms with E-state index in [-0.39, 0.29) is 6.61 Å². The first-order chi connectivity index (χ1) is 14.5. The zero-order chi connectivity index (χ0) is 21.4. The van der Waals surface area contributed by atoms with Crippen LogP contribution >= 0.6 is 0 Å². The molecule has 0 aliphatic carbocycles. The molecule has 3 aromatic rings. The summed E-state index contributed by atoms with van der Waals surface area (Å²) >= 11 is 0. The Labute approximate surface area is 177 Å². The maximum atomic E-state index is 10.8. The van der Waals surface area contributed by atoms with E-state index < -0.39 is 6.10 Å². The Morgan fingerprint density at radius 1 is 1.13 bits per heavy atom. The highest BCUT2D eigenvalue weighted by Gasteiger charge is 2.22. The molecule has 1 atom stereocenters. The van der Waals surface area contributed by atoms with Crippen molar-refractivity contribution < 1.29 is 19.4 Å². The number of quaternary nitrogens is 1. The number of hydrogen-bond donors (Lipinski definition) is 2. The average Bonchev–Trinajstić information content (AvgIpc) is 3.26. The van der Waals surface area contributed by atoms with Crippen molar-refractivity contribution in [2.24, 2.45) is 0 Å². The normalized spacial score (nSPS) is 12.7. The van der Waals surface area contributed by atoms with Gasteiger partial charge in [-0.1, -0.05) is 41.6 Å². The second-order valence-electron chi connectivity index (χ2n) is 8.18. The summed E-state index contributed by atoms with van der Waals surface area (Å²) in [6.07, 6.45) is 3.85. The van der Waals surface area contributed by atoms with Gasteiger partial charge in [0.25, 0.3) is 0 Å². The third-order valence-electron chi connectivity index (χ3n) is 5.17. The van der Waals surface area contributed by atoms with Crippen molar-refractivity contribution in [2.75, 3.05) is 27.2 Å². The zero-order valence-corrected chi connectivity index (χ0v) is 17.7. The average molecular weight is 412 g/mol. The van der Waals surface area contributed by atoms with Crippen molar-refractivity contribution in [3.63, 3.8) is 0 Å². The maximum absolute atomic E-state index is 10.8. The molecular weight excluding hydrogens is 380 g/mol. The molecule has 7 nitrogen and oxygen atoms in total. The molecule has 0 aliphatic heterocycles. The van der Waals surface area contributed by atoms with E-state index >= 15 is 0 Å². The predicted molar refractivity (Wildman–Crippen MR) is 115 cm³/mol. The molecule has 0 saturated carbocycles. The summed E-state index contributed by atoms with van der Waals surface area (Å²) in [4.78, 5) is 0. The number of aliphatic hydroxyl groups excluding tert-OH is 2. The maximum Gasteiger partial charge on any atom is 0.128 e. The van der Waals surface area contributed by atoms with Crippen molar-refractivity contribution in [1.82, 2.24) is 15.0 Å². The van der Waals surface area contributed by atoms with Crippen LogP contribution < -0.4 is 4.74 Å². The smallest absolute Gasteiger partial charge is 0.128 e. The highest BCUT2D eigenvalue weighted by molar-refractivity contribution is 5.38. The molecule has 0 radical (unpaired) electrons. The molecule has 1 aromatic heterocycles. The van der Waals surface area contributed by atoms with Gasteiger partial charge in [0.2, 0.25) is 0 Å². The highest BCUT2D eigenvalue weighted by atomic mass is 16.5. The fourth-order valence-corrected chi connectivity index (χ4v) is 3.48. The predicted octanol–water partition coefficient (Wildman–Crippen LogP) is 2.55. The van der Waals surface area contributed by atoms with Crippen molar-refractivity contribution in [1.29, 1.82) is 0 Å². The summed E-state index contributed by atoms with van der Waals surface area (Å²) in [6, 6.07) is 15.4. The van der Waals surface area contributed by atoms with Gasteiger partial charge in [-0.25, -0.2) is 0 Å². The van der Waals surface area contributed by atoms with Crippen LogP contribution in [0.5, 0.6) is 5.75 Å². The molecule has 0 bridgehead atoms. The second-order valence-corrected chi connectivity index (χ2v) is 8.18. The molecule has 2 aromatic carbocycles. The number of hydrogen-bond acceptors (Lipinski definition) is 5. The molecule has 160 valence electrons. The van der Waals surface area contributed by atoms with Crippen LogP contribution in [-0.2, 0) is 19.8 Å². The molecule has 2 N–H and O–H groups in total. The molecule has 0 spiro atoms. The first-order valence-electron chi connectivity index (χ1n) is 10.2. The molecule has 0 aliphatic rings. The molecule has 3 rings (SSSR count). The fraction of sp³-hybridized carbons (Fsp3) is 0.391. The number of rotatable bonds is 11. The summed E-state index contributed by atoms with van der Waals surface area (Å²) in [7, 11) is 4.21. The van der Waals surface area contributed by atoms with Gasteiger partial charge in [0.1, 0.15) is 25.0 Å². The van der Waals surface area contributed by atoms with Crippen molar-refractivity contribution in [3.05, 3.63) is 77.6 Å². The Balaban J connectivity index is 1.57. The van der Waals surface area contributed by atoms with Gasteiger partial charge >= 0.3 is 0 Å². The highest BCUT2D eigenvalue weighted by Crippen LogP contribution is 2.26. The summed E-state index contributed by atoms with van der Waals surface area (Å²) < 4.78 is 8.37. The Morgan fingerprint density at radius 3 is 2.63 bits per heavy atom. The van der Waals surface area contributed by atoms with Crippen molar-refractivity contribution in [3.8, 4) is 5.75 Å². The summed E-state index contributed by atoms with van der Waals surface area (Å²) in [5.74, 6) is 0.638. The minimum Gasteiger partial charge on any atom is -0.489 e. The summed E-state index contributed by atoms with van der Waals surface area (Å²) in [6.45, 7) is 2.58. The molecule has 0 saturated heterocycles. The van der Waals surface area contributed by atoms with Crippen molar-refractivity contribution in [2.45, 2.75) is 32.3 Å². The number of aryl methyl sites for hydroxylation is 1. The molecule has 0 fully saturated rings. The van der Waals surface area contributed by atoms with Crippen LogP contribution in [0.2, 0.25) is 0 Å². The Morgan fingerprint density at radius 2 is 1.93 bits per heavy atom. The van der Waals surface area contributed by atoms with Gasteiger partial charge in [-0.15, -0.1) is 5.10 Å². The first-order valence-corrected chi connectivity index (χ1v) is 10.2. The van der Waals surface area contributed by atoms with Gasteiger partial charge < -0.3 is 19.4 Å². The van der Waals surface area contributed by atoms with E-state index in [9.17, 15) is 10.2 Å². The standard InChI is InChI=1S/C23H31N4O3/c1-27(2,14-6-12-26-13-11-24-25-26)16-22(29)20-9-10-23(21(15-20)17-28)30-18-19-7-4-3-5-8-19/h3-5,7-11,13,15,22,28-29H,6,12,14,16-18H2,1-2H3/q+1. The minimum absolute atomic E-state index is 0.138. The Bertz CT molecular complexity index is 898. The van der Waals surface area contributed by atoms with E-state index in [1.807, 2.05) is 59.4 Å². The quantitative estimate of drug-likeness (QED) is 0.474. The number of aromatic nitrogens is 3. The first kappa shape index (κ1) is 22.0. The number of ether oxygens (including phenoxy) is 1. The lowest BCUT2D eigenvalue weighted by molar-refractivity contribution is -0.894. The van der Waals surface area contributed by atoms with Gasteiger partial charge in [-0.2, -0.15) is 0 Å². The molecule has 1 unspecified atom stereocenters. The number of benzene rings is 2. The molecule has 0 amide bonds. The van der Waals surface area contributed by atoms with Crippen LogP contribution in [0.15, 0.2) is 60.9 Å². The summed E-state index contributed by atoms with van der Waals surface area (Å²) in [5.41, 5.74) is 2.53. The lowest BCUT2D eigenvalue weighted by atomic mass is 10.0. The topological polar surface area (TPSA) is 80.4 Å². The van der Waals surface area contributed by atoms with E-state index in [4.69, 9.17) is 4.74 Å². The van der Waals surface area contributed by atoms with Crippen LogP contribution in [0, 0.1) is 0 Å². The van der Waals surface area contributed by atoms with E-state index in [0.717, 1.165) is 30.6 Å². The van der Waals surface area contributed by atoms with Crippen LogP contribution in [0.25, 0.3) is 0 Å². The summed E-state index contributed by atoms with van der Waals surface area (Å²) in [5, 5.41) is 28.4. The van der Waals surface area contributed by atoms with Gasteiger partial charge in [-0.3, -0.25) is 4.68 Å². The zero-order valence-electron chi connectivity index (χ0n) is 17.7. The van der Waals surface area contributed by atoms with Crippen LogP contribution in [0.3, 0.4) is 0 Å². The van der Waals surface area contributed by atoms with Gasteiger partial charge in [0.05, 0.1) is 33.4 Å². The van der Waals surface area contributed by atoms with Crippen LogP contribution in [0.1, 0.15) is 29.2 Å². The largest absolute Gasteiger partial charge is 0.489 e. The third kappa shape index (κ3) is 6.38. The van der Waals surface area contributed by atoms with Gasteiger partial charge in [0.15, 0.2) is 0 Å². The van der Waals surface area contributed by atoms with Crippen LogP contribution in [-0.4, -0.2) is 56.9 Å². The van der Waals surface area contributed by atoms with Crippen LogP contribution in [0.4, 0.5) is 0 Å². The monoisotopic (exact) mass is 411 g/mol. The number of likely N-dealkylation sites (N-methyl/N-ethyl adjacent to an activating group) is 1. The lowest BCUT2D eigenvalue weighted by Gasteiger charge is -2.32. The molecule has 1 heterocycles. The minimum atomic E-state index is -0.625. The SMILES string of the molecule is C[N+](C)(CCCn1ccnn1)CC(O)c1ccc(OCc2ccccc2)c(CO)c1. The molecular formula is C23H31N4O3+. The van der Waals surface area contributed by atoms with E-state index in [1.54, 1.807) is 6.20 Å². The Hall–Kier alpha value is -2.74. The van der Waals surface area contributed by atoms with E-state index in [2.05, 4.69) is 24.4 Å². The van der Waals surface area contributed by atoms with Gasteiger partial charge in [0, 0.05) is 24.7 Å². The van der Waals surface area contributed by atoms with E-state index in [1.165, 1.54) is 0 Å². The number of nitrogens with zero attached hydrogens (tertiary/aromatic N) is 4. The second kappa shape index (κ2) is 10.3. The number of aliphatic hydroxyl groups is 2. The molecule has 30 heavy (non-hydrogen) atoms.